The highest BCUT2D eigenvalue weighted by Gasteiger charge is 2.29. The molecule has 1 heterocycles. The van der Waals surface area contributed by atoms with Gasteiger partial charge in [-0.1, -0.05) is 32.6 Å². The van der Waals surface area contributed by atoms with Gasteiger partial charge in [-0.25, -0.2) is 0 Å². The Balaban J connectivity index is 1.78. The third kappa shape index (κ3) is 5.88. The number of unbranched alkanes of at least 4 members (excludes halogenated alkanes) is 1. The summed E-state index contributed by atoms with van der Waals surface area (Å²) in [5.41, 5.74) is 0. The van der Waals surface area contributed by atoms with Gasteiger partial charge in [0.1, 0.15) is 0 Å². The predicted molar refractivity (Wildman–Crippen MR) is 89.5 cm³/mol. The number of rotatable bonds is 7. The molecule has 0 spiro atoms. The molecule has 2 aliphatic rings. The molecule has 1 saturated carbocycles. The van der Waals surface area contributed by atoms with E-state index >= 15 is 0 Å². The summed E-state index contributed by atoms with van der Waals surface area (Å²) < 4.78 is 0. The van der Waals surface area contributed by atoms with Crippen LogP contribution in [0.2, 0.25) is 0 Å². The van der Waals surface area contributed by atoms with Crippen molar-refractivity contribution in [2.24, 2.45) is 11.8 Å². The van der Waals surface area contributed by atoms with Gasteiger partial charge in [0.25, 0.3) is 0 Å². The second kappa shape index (κ2) is 9.12. The van der Waals surface area contributed by atoms with Gasteiger partial charge in [-0.2, -0.15) is 0 Å². The van der Waals surface area contributed by atoms with Crippen LogP contribution in [-0.2, 0) is 0 Å². The summed E-state index contributed by atoms with van der Waals surface area (Å²) in [6, 6.07) is 0.581. The Kier molecular flexibility index (Phi) is 7.48. The summed E-state index contributed by atoms with van der Waals surface area (Å²) in [7, 11) is 0. The topological polar surface area (TPSA) is 35.5 Å². The van der Waals surface area contributed by atoms with Crippen LogP contribution in [0.1, 0.15) is 65.2 Å². The average molecular weight is 296 g/mol. The molecule has 0 amide bonds. The molecular weight excluding hydrogens is 260 g/mol. The summed E-state index contributed by atoms with van der Waals surface area (Å²) in [5.74, 6) is 1.34. The van der Waals surface area contributed by atoms with Gasteiger partial charge >= 0.3 is 0 Å². The van der Waals surface area contributed by atoms with Crippen LogP contribution in [0.3, 0.4) is 0 Å². The minimum Gasteiger partial charge on any atom is -0.393 e. The summed E-state index contributed by atoms with van der Waals surface area (Å²) >= 11 is 0. The molecule has 21 heavy (non-hydrogen) atoms. The minimum absolute atomic E-state index is 0.173. The first-order valence-corrected chi connectivity index (χ1v) is 9.32. The van der Waals surface area contributed by atoms with Crippen molar-refractivity contribution >= 4 is 0 Å². The Bertz CT molecular complexity index is 276. The number of likely N-dealkylation sites (tertiary alicyclic amines) is 1. The lowest BCUT2D eigenvalue weighted by molar-refractivity contribution is 0.0465. The number of hydrogen-bond donors (Lipinski definition) is 2. The van der Waals surface area contributed by atoms with Crippen molar-refractivity contribution in [1.82, 2.24) is 10.2 Å². The van der Waals surface area contributed by atoms with Gasteiger partial charge in [-0.05, 0) is 57.5 Å². The fraction of sp³-hybridized carbons (Fsp3) is 1.00. The predicted octanol–water partition coefficient (Wildman–Crippen LogP) is 3.03. The summed E-state index contributed by atoms with van der Waals surface area (Å²) in [4.78, 5) is 2.57. The van der Waals surface area contributed by atoms with Crippen LogP contribution in [0.4, 0.5) is 0 Å². The molecule has 1 aliphatic heterocycles. The van der Waals surface area contributed by atoms with Gasteiger partial charge in [0, 0.05) is 19.1 Å². The van der Waals surface area contributed by atoms with Crippen LogP contribution >= 0.6 is 0 Å². The zero-order valence-corrected chi connectivity index (χ0v) is 14.2. The lowest BCUT2D eigenvalue weighted by atomic mass is 9.87. The number of piperidine rings is 1. The van der Waals surface area contributed by atoms with E-state index in [0.717, 1.165) is 18.9 Å². The number of nitrogens with zero attached hydrogens (tertiary/aromatic N) is 1. The largest absolute Gasteiger partial charge is 0.393 e. The second-order valence-corrected chi connectivity index (χ2v) is 7.46. The molecule has 0 bridgehead atoms. The van der Waals surface area contributed by atoms with Gasteiger partial charge in [0.15, 0.2) is 0 Å². The monoisotopic (exact) mass is 296 g/mol. The van der Waals surface area contributed by atoms with Crippen molar-refractivity contribution in [3.05, 3.63) is 0 Å². The van der Waals surface area contributed by atoms with Gasteiger partial charge in [-0.3, -0.25) is 0 Å². The first kappa shape index (κ1) is 17.2. The normalized spacial score (nSPS) is 30.4. The first-order chi connectivity index (χ1) is 10.2. The average Bonchev–Trinajstić information content (AvgIpc) is 2.51. The lowest BCUT2D eigenvalue weighted by Gasteiger charge is -2.40. The van der Waals surface area contributed by atoms with Crippen LogP contribution in [0.15, 0.2) is 0 Å². The Morgan fingerprint density at radius 1 is 1.19 bits per heavy atom. The van der Waals surface area contributed by atoms with Gasteiger partial charge in [-0.15, -0.1) is 0 Å². The highest BCUT2D eigenvalue weighted by molar-refractivity contribution is 4.86. The Morgan fingerprint density at radius 2 is 1.95 bits per heavy atom. The Labute approximate surface area is 131 Å². The van der Waals surface area contributed by atoms with E-state index in [4.69, 9.17) is 0 Å². The van der Waals surface area contributed by atoms with Crippen molar-refractivity contribution in [1.29, 1.82) is 0 Å². The molecule has 2 fully saturated rings. The molecule has 0 aromatic rings. The summed E-state index contributed by atoms with van der Waals surface area (Å²) in [6.07, 6.45) is 10.6. The molecule has 3 nitrogen and oxygen atoms in total. The van der Waals surface area contributed by atoms with Crippen molar-refractivity contribution < 1.29 is 5.11 Å². The van der Waals surface area contributed by atoms with Crippen LogP contribution in [0.25, 0.3) is 0 Å². The van der Waals surface area contributed by atoms with Crippen LogP contribution in [0.5, 0.6) is 0 Å². The zero-order chi connectivity index (χ0) is 15.1. The van der Waals surface area contributed by atoms with Crippen LogP contribution in [-0.4, -0.2) is 48.3 Å². The fourth-order valence-corrected chi connectivity index (χ4v) is 4.02. The summed E-state index contributed by atoms with van der Waals surface area (Å²) in [6.45, 7) is 8.87. The molecule has 124 valence electrons. The summed E-state index contributed by atoms with van der Waals surface area (Å²) in [5, 5.41) is 13.8. The fourth-order valence-electron chi connectivity index (χ4n) is 4.02. The SMILES string of the molecule is CCCCN1CC(NCC2CCCCC2)CC(C(C)O)C1. The van der Waals surface area contributed by atoms with E-state index < -0.39 is 0 Å². The van der Waals surface area contributed by atoms with Gasteiger partial charge < -0.3 is 15.3 Å². The molecule has 3 atom stereocenters. The smallest absolute Gasteiger partial charge is 0.0553 e. The number of nitrogens with one attached hydrogen (secondary N) is 1. The van der Waals surface area contributed by atoms with E-state index in [1.807, 2.05) is 6.92 Å². The maximum Gasteiger partial charge on any atom is 0.0553 e. The molecule has 3 unspecified atom stereocenters. The van der Waals surface area contributed by atoms with Crippen molar-refractivity contribution in [3.8, 4) is 0 Å². The molecule has 1 aliphatic carbocycles. The molecular formula is C18H36N2O. The third-order valence-electron chi connectivity index (χ3n) is 5.49. The first-order valence-electron chi connectivity index (χ1n) is 9.32. The second-order valence-electron chi connectivity index (χ2n) is 7.46. The number of hydrogen-bond acceptors (Lipinski definition) is 3. The standard InChI is InChI=1S/C18H36N2O/c1-3-4-10-20-13-17(15(2)21)11-18(14-20)19-12-16-8-6-5-7-9-16/h15-19,21H,3-14H2,1-2H3. The number of aliphatic hydroxyl groups is 1. The zero-order valence-electron chi connectivity index (χ0n) is 14.2. The van der Waals surface area contributed by atoms with E-state index in [9.17, 15) is 5.11 Å². The van der Waals surface area contributed by atoms with Gasteiger partial charge in [0.05, 0.1) is 6.10 Å². The highest BCUT2D eigenvalue weighted by atomic mass is 16.3. The van der Waals surface area contributed by atoms with Gasteiger partial charge in [0.2, 0.25) is 0 Å². The number of aliphatic hydroxyl groups excluding tert-OH is 1. The van der Waals surface area contributed by atoms with E-state index in [2.05, 4.69) is 17.1 Å². The lowest BCUT2D eigenvalue weighted by Crippen LogP contribution is -2.52. The quantitative estimate of drug-likeness (QED) is 0.758. The molecule has 0 radical (unpaired) electrons. The maximum atomic E-state index is 10.0. The molecule has 2 N–H and O–H groups in total. The molecule has 0 aromatic carbocycles. The van der Waals surface area contributed by atoms with Crippen LogP contribution < -0.4 is 5.32 Å². The van der Waals surface area contributed by atoms with Crippen molar-refractivity contribution in [3.63, 3.8) is 0 Å². The molecule has 1 saturated heterocycles. The minimum atomic E-state index is -0.173. The highest BCUT2D eigenvalue weighted by Crippen LogP contribution is 2.24. The van der Waals surface area contributed by atoms with Crippen LogP contribution in [0, 0.1) is 11.8 Å². The Hall–Kier alpha value is -0.120. The van der Waals surface area contributed by atoms with E-state index in [-0.39, 0.29) is 6.10 Å². The molecule has 3 heteroatoms. The maximum absolute atomic E-state index is 10.0. The van der Waals surface area contributed by atoms with Crippen molar-refractivity contribution in [2.75, 3.05) is 26.2 Å². The van der Waals surface area contributed by atoms with E-state index in [0.29, 0.717) is 12.0 Å². The molecule has 2 rings (SSSR count). The van der Waals surface area contributed by atoms with E-state index in [1.54, 1.807) is 0 Å². The molecule has 0 aromatic heterocycles. The van der Waals surface area contributed by atoms with Crippen molar-refractivity contribution in [2.45, 2.75) is 77.4 Å². The van der Waals surface area contributed by atoms with E-state index in [1.165, 1.54) is 64.6 Å². The third-order valence-corrected chi connectivity index (χ3v) is 5.49. The Morgan fingerprint density at radius 3 is 2.62 bits per heavy atom.